The number of para-hydroxylation sites is 2. The summed E-state index contributed by atoms with van der Waals surface area (Å²) in [6.07, 6.45) is 2.03. The molecule has 1 aromatic heterocycles. The summed E-state index contributed by atoms with van der Waals surface area (Å²) in [6.45, 7) is 2.50. The van der Waals surface area contributed by atoms with E-state index in [0.29, 0.717) is 18.0 Å². The molecule has 3 rings (SSSR count). The van der Waals surface area contributed by atoms with E-state index >= 15 is 0 Å². The number of esters is 1. The first kappa shape index (κ1) is 19.8. The van der Waals surface area contributed by atoms with Gasteiger partial charge >= 0.3 is 5.97 Å². The number of nitrogens with two attached hydrogens (primary N) is 1. The number of hydrogen-bond acceptors (Lipinski definition) is 4. The van der Waals surface area contributed by atoms with Gasteiger partial charge < -0.3 is 24.5 Å². The fraction of sp³-hybridized carbons (Fsp3) is 0.318. The highest BCUT2D eigenvalue weighted by molar-refractivity contribution is 5.84. The minimum absolute atomic E-state index is 0.00620. The van der Waals surface area contributed by atoms with Crippen molar-refractivity contribution in [1.82, 2.24) is 4.98 Å². The van der Waals surface area contributed by atoms with Gasteiger partial charge in [-0.25, -0.2) is 4.79 Å². The largest absolute Gasteiger partial charge is 0.493 e. The average molecular weight is 383 g/mol. The zero-order chi connectivity index (χ0) is 20.1. The maximum atomic E-state index is 11.9. The molecule has 0 saturated carbocycles. The summed E-state index contributed by atoms with van der Waals surface area (Å²) in [4.78, 5) is 15.2. The molecule has 6 nitrogen and oxygen atoms in total. The number of benzene rings is 2. The quantitative estimate of drug-likeness (QED) is 0.586. The van der Waals surface area contributed by atoms with Gasteiger partial charge in [0.15, 0.2) is 17.5 Å². The van der Waals surface area contributed by atoms with E-state index in [-0.39, 0.29) is 17.9 Å². The third kappa shape index (κ3) is 3.82. The number of rotatable bonds is 8. The number of fused-ring (bicyclic) bond motifs is 1. The molecule has 3 aromatic rings. The number of carbonyl (C=O) groups is 1. The molecule has 1 heterocycles. The second-order valence-electron chi connectivity index (χ2n) is 6.71. The Morgan fingerprint density at radius 3 is 2.54 bits per heavy atom. The Morgan fingerprint density at radius 1 is 1.04 bits per heavy atom. The van der Waals surface area contributed by atoms with Crippen LogP contribution in [0.4, 0.5) is 0 Å². The standard InChI is InChI=1S/C22H26N2O4/c1-14(22(25)28-4)23-12-18(16-9-7-11-20(26-2)21(16)27-3)17-13-24-19-10-6-5-8-15(17)19/h5-11,13-14,18,23-24H,12H2,1-4H3/p+1/t14-,18+/m1/s1. The third-order valence-electron chi connectivity index (χ3n) is 5.10. The molecular weight excluding hydrogens is 356 g/mol. The van der Waals surface area contributed by atoms with Gasteiger partial charge in [0.05, 0.1) is 33.8 Å². The summed E-state index contributed by atoms with van der Waals surface area (Å²) in [7, 11) is 4.69. The Labute approximate surface area is 164 Å². The van der Waals surface area contributed by atoms with Crippen LogP contribution in [0.1, 0.15) is 24.0 Å². The predicted octanol–water partition coefficient (Wildman–Crippen LogP) is 2.44. The van der Waals surface area contributed by atoms with Crippen LogP contribution in [0.2, 0.25) is 0 Å². The second kappa shape index (κ2) is 8.80. The molecule has 148 valence electrons. The van der Waals surface area contributed by atoms with E-state index in [0.717, 1.165) is 22.0 Å². The number of aromatic nitrogens is 1. The molecule has 0 fully saturated rings. The minimum atomic E-state index is -0.297. The summed E-state index contributed by atoms with van der Waals surface area (Å²) < 4.78 is 16.1. The first-order valence-electron chi connectivity index (χ1n) is 9.28. The lowest BCUT2D eigenvalue weighted by Crippen LogP contribution is -2.92. The number of carbonyl (C=O) groups excluding carboxylic acids is 1. The van der Waals surface area contributed by atoms with E-state index in [9.17, 15) is 4.79 Å². The molecule has 0 saturated heterocycles. The molecule has 3 N–H and O–H groups in total. The van der Waals surface area contributed by atoms with Gasteiger partial charge in [-0.3, -0.25) is 0 Å². The lowest BCUT2D eigenvalue weighted by atomic mass is 9.89. The Bertz CT molecular complexity index is 951. The number of quaternary nitrogens is 1. The molecule has 0 aliphatic rings. The van der Waals surface area contributed by atoms with Crippen molar-refractivity contribution in [2.75, 3.05) is 27.9 Å². The van der Waals surface area contributed by atoms with Gasteiger partial charge in [0.25, 0.3) is 0 Å². The van der Waals surface area contributed by atoms with Crippen molar-refractivity contribution >= 4 is 16.9 Å². The molecule has 2 aromatic carbocycles. The van der Waals surface area contributed by atoms with E-state index in [2.05, 4.69) is 17.1 Å². The maximum Gasteiger partial charge on any atom is 0.364 e. The number of ether oxygens (including phenoxy) is 3. The summed E-state index contributed by atoms with van der Waals surface area (Å²) in [5.74, 6) is 1.15. The molecule has 0 spiro atoms. The molecular formula is C22H27N2O4+. The lowest BCUT2D eigenvalue weighted by Gasteiger charge is -2.21. The molecule has 2 atom stereocenters. The Morgan fingerprint density at radius 2 is 1.82 bits per heavy atom. The van der Waals surface area contributed by atoms with Crippen molar-refractivity contribution in [3.63, 3.8) is 0 Å². The van der Waals surface area contributed by atoms with Crippen LogP contribution >= 0.6 is 0 Å². The first-order valence-corrected chi connectivity index (χ1v) is 9.28. The van der Waals surface area contributed by atoms with Gasteiger partial charge in [-0.15, -0.1) is 0 Å². The monoisotopic (exact) mass is 383 g/mol. The molecule has 6 heteroatoms. The number of H-pyrrole nitrogens is 1. The van der Waals surface area contributed by atoms with Gasteiger partial charge in [-0.2, -0.15) is 0 Å². The summed E-state index contributed by atoms with van der Waals surface area (Å²) in [6, 6.07) is 13.8. The fourth-order valence-corrected chi connectivity index (χ4v) is 3.61. The molecule has 0 amide bonds. The number of nitrogens with one attached hydrogen (secondary N) is 1. The van der Waals surface area contributed by atoms with Crippen LogP contribution in [0.5, 0.6) is 11.5 Å². The van der Waals surface area contributed by atoms with Crippen molar-refractivity contribution in [1.29, 1.82) is 0 Å². The number of aromatic amines is 1. The predicted molar refractivity (Wildman–Crippen MR) is 108 cm³/mol. The van der Waals surface area contributed by atoms with Crippen molar-refractivity contribution in [2.24, 2.45) is 0 Å². The molecule has 0 radical (unpaired) electrons. The lowest BCUT2D eigenvalue weighted by molar-refractivity contribution is -0.676. The normalized spacial score (nSPS) is 13.1. The van der Waals surface area contributed by atoms with Gasteiger partial charge in [-0.1, -0.05) is 30.3 Å². The zero-order valence-electron chi connectivity index (χ0n) is 16.7. The number of hydrogen-bond donors (Lipinski definition) is 2. The average Bonchev–Trinajstić information content (AvgIpc) is 3.16. The van der Waals surface area contributed by atoms with Crippen molar-refractivity contribution in [3.05, 3.63) is 59.8 Å². The van der Waals surface area contributed by atoms with Crippen LogP contribution in [0.15, 0.2) is 48.7 Å². The minimum Gasteiger partial charge on any atom is -0.493 e. The highest BCUT2D eigenvalue weighted by atomic mass is 16.5. The van der Waals surface area contributed by atoms with Crippen LogP contribution in [-0.2, 0) is 9.53 Å². The highest BCUT2D eigenvalue weighted by Crippen LogP contribution is 2.39. The van der Waals surface area contributed by atoms with Crippen LogP contribution in [0, 0.1) is 0 Å². The highest BCUT2D eigenvalue weighted by Gasteiger charge is 2.27. The van der Waals surface area contributed by atoms with E-state index in [1.54, 1.807) is 14.2 Å². The third-order valence-corrected chi connectivity index (χ3v) is 5.10. The Kier molecular flexibility index (Phi) is 6.21. The van der Waals surface area contributed by atoms with Gasteiger partial charge in [0.2, 0.25) is 0 Å². The van der Waals surface area contributed by atoms with E-state index in [1.807, 2.05) is 48.8 Å². The van der Waals surface area contributed by atoms with Gasteiger partial charge in [0, 0.05) is 22.7 Å². The van der Waals surface area contributed by atoms with Crippen LogP contribution in [0.3, 0.4) is 0 Å². The topological polar surface area (TPSA) is 77.2 Å². The smallest absolute Gasteiger partial charge is 0.364 e. The SMILES string of the molecule is COC(=O)[C@@H](C)[NH2+]C[C@@H](c1cccc(OC)c1OC)c1c[nH]c2ccccc12. The van der Waals surface area contributed by atoms with Crippen molar-refractivity contribution in [2.45, 2.75) is 18.9 Å². The van der Waals surface area contributed by atoms with Gasteiger partial charge in [0.1, 0.15) is 0 Å². The Hall–Kier alpha value is -2.99. The van der Waals surface area contributed by atoms with Crippen LogP contribution in [0.25, 0.3) is 10.9 Å². The molecule has 0 aliphatic heterocycles. The van der Waals surface area contributed by atoms with Gasteiger partial charge in [-0.05, 0) is 24.6 Å². The molecule has 0 bridgehead atoms. The number of methoxy groups -OCH3 is 3. The molecule has 0 unspecified atom stereocenters. The van der Waals surface area contributed by atoms with Crippen LogP contribution < -0.4 is 14.8 Å². The van der Waals surface area contributed by atoms with Crippen molar-refractivity contribution in [3.8, 4) is 11.5 Å². The van der Waals surface area contributed by atoms with E-state index in [1.165, 1.54) is 7.11 Å². The summed E-state index contributed by atoms with van der Waals surface area (Å²) in [5.41, 5.74) is 3.24. The van der Waals surface area contributed by atoms with Crippen LogP contribution in [-0.4, -0.2) is 44.9 Å². The van der Waals surface area contributed by atoms with Crippen molar-refractivity contribution < 1.29 is 24.3 Å². The molecule has 0 aliphatic carbocycles. The Balaban J connectivity index is 2.06. The van der Waals surface area contributed by atoms with E-state index in [4.69, 9.17) is 14.2 Å². The summed E-state index contributed by atoms with van der Waals surface area (Å²) in [5, 5.41) is 3.15. The fourth-order valence-electron chi connectivity index (χ4n) is 3.61. The molecule has 28 heavy (non-hydrogen) atoms. The first-order chi connectivity index (χ1) is 13.6. The second-order valence-corrected chi connectivity index (χ2v) is 6.71. The summed E-state index contributed by atoms with van der Waals surface area (Å²) >= 11 is 0. The zero-order valence-corrected chi connectivity index (χ0v) is 16.7. The van der Waals surface area contributed by atoms with E-state index < -0.39 is 0 Å². The maximum absolute atomic E-state index is 11.9.